The number of benzene rings is 1. The predicted octanol–water partition coefficient (Wildman–Crippen LogP) is 1.71. The van der Waals surface area contributed by atoms with Gasteiger partial charge in [0.1, 0.15) is 0 Å². The fourth-order valence-corrected chi connectivity index (χ4v) is 3.55. The van der Waals surface area contributed by atoms with Crippen molar-refractivity contribution in [3.63, 3.8) is 0 Å². The Morgan fingerprint density at radius 1 is 1.40 bits per heavy atom. The third kappa shape index (κ3) is 3.07. The van der Waals surface area contributed by atoms with Crippen LogP contribution in [-0.4, -0.2) is 26.4 Å². The fraction of sp³-hybridized carbons (Fsp3) is 0.500. The largest absolute Gasteiger partial charge is 0.388 e. The van der Waals surface area contributed by atoms with Crippen LogP contribution in [0.1, 0.15) is 19.8 Å². The molecule has 0 saturated heterocycles. The van der Waals surface area contributed by atoms with Crippen molar-refractivity contribution in [3.05, 3.63) is 28.3 Å². The van der Waals surface area contributed by atoms with Gasteiger partial charge in [0.25, 0.3) is 5.69 Å². The third-order valence-electron chi connectivity index (χ3n) is 3.40. The molecule has 1 saturated carbocycles. The number of hydrogen-bond donors (Lipinski definition) is 2. The lowest BCUT2D eigenvalue weighted by atomic mass is 10.2. The number of sulfonamides is 1. The Morgan fingerprint density at radius 3 is 2.55 bits per heavy atom. The van der Waals surface area contributed by atoms with E-state index in [2.05, 4.69) is 10.0 Å². The van der Waals surface area contributed by atoms with Crippen molar-refractivity contribution in [3.8, 4) is 0 Å². The van der Waals surface area contributed by atoms with E-state index in [9.17, 15) is 18.5 Å². The number of hydrogen-bond acceptors (Lipinski definition) is 5. The third-order valence-corrected chi connectivity index (χ3v) is 4.99. The van der Waals surface area contributed by atoms with Crippen LogP contribution in [0.4, 0.5) is 11.4 Å². The topological polar surface area (TPSA) is 101 Å². The first-order chi connectivity index (χ1) is 9.35. The molecule has 0 bridgehead atoms. The lowest BCUT2D eigenvalue weighted by Crippen LogP contribution is -2.34. The number of nitro benzene ring substituents is 1. The average molecular weight is 299 g/mol. The Bertz CT molecular complexity index is 626. The second kappa shape index (κ2) is 5.37. The van der Waals surface area contributed by atoms with Crippen LogP contribution in [0.25, 0.3) is 0 Å². The van der Waals surface area contributed by atoms with Crippen LogP contribution in [0.15, 0.2) is 23.1 Å². The molecule has 8 heteroatoms. The first kappa shape index (κ1) is 14.7. The normalized spacial score (nSPS) is 16.7. The van der Waals surface area contributed by atoms with Gasteiger partial charge in [0, 0.05) is 24.8 Å². The zero-order valence-corrected chi connectivity index (χ0v) is 12.1. The van der Waals surface area contributed by atoms with Crippen molar-refractivity contribution in [1.29, 1.82) is 0 Å². The highest BCUT2D eigenvalue weighted by molar-refractivity contribution is 7.89. The van der Waals surface area contributed by atoms with Crippen molar-refractivity contribution in [1.82, 2.24) is 4.72 Å². The maximum Gasteiger partial charge on any atom is 0.289 e. The van der Waals surface area contributed by atoms with Crippen molar-refractivity contribution < 1.29 is 13.3 Å². The summed E-state index contributed by atoms with van der Waals surface area (Å²) in [6.07, 6.45) is 1.98. The van der Waals surface area contributed by atoms with E-state index in [1.807, 2.05) is 0 Å². The molecular formula is C12H17N3O4S. The van der Waals surface area contributed by atoms with Gasteiger partial charge in [-0.2, -0.15) is 0 Å². The molecule has 1 aromatic rings. The van der Waals surface area contributed by atoms with Crippen LogP contribution in [0.3, 0.4) is 0 Å². The summed E-state index contributed by atoms with van der Waals surface area (Å²) in [5.74, 6) is 0.330. The number of nitro groups is 1. The van der Waals surface area contributed by atoms with Crippen LogP contribution < -0.4 is 10.0 Å². The van der Waals surface area contributed by atoms with Gasteiger partial charge in [0.2, 0.25) is 10.0 Å². The summed E-state index contributed by atoms with van der Waals surface area (Å²) in [5.41, 5.74) is 0.0922. The molecule has 1 fully saturated rings. The van der Waals surface area contributed by atoms with Gasteiger partial charge in [0.15, 0.2) is 4.90 Å². The summed E-state index contributed by atoms with van der Waals surface area (Å²) in [6.45, 7) is 1.78. The van der Waals surface area contributed by atoms with E-state index in [4.69, 9.17) is 0 Å². The van der Waals surface area contributed by atoms with Crippen LogP contribution in [0.5, 0.6) is 0 Å². The van der Waals surface area contributed by atoms with E-state index in [0.717, 1.165) is 12.8 Å². The number of anilines is 1. The van der Waals surface area contributed by atoms with E-state index in [-0.39, 0.29) is 10.9 Å². The van der Waals surface area contributed by atoms with Crippen molar-refractivity contribution in [2.45, 2.75) is 30.7 Å². The van der Waals surface area contributed by atoms with E-state index in [1.165, 1.54) is 18.2 Å². The minimum Gasteiger partial charge on any atom is -0.388 e. The van der Waals surface area contributed by atoms with Gasteiger partial charge in [0.05, 0.1) is 4.92 Å². The Hall–Kier alpha value is -1.67. The Morgan fingerprint density at radius 2 is 2.05 bits per heavy atom. The minimum absolute atomic E-state index is 0.210. The highest BCUT2D eigenvalue weighted by Gasteiger charge is 2.33. The SMILES string of the molecule is CNc1ccc([N+](=O)[O-])c(S(=O)(=O)NC(C)C2CC2)c1. The molecule has 0 aromatic heterocycles. The second-order valence-corrected chi connectivity index (χ2v) is 6.62. The minimum atomic E-state index is -3.90. The van der Waals surface area contributed by atoms with Crippen LogP contribution in [-0.2, 0) is 10.0 Å². The highest BCUT2D eigenvalue weighted by Crippen LogP contribution is 2.34. The van der Waals surface area contributed by atoms with Crippen molar-refractivity contribution in [2.75, 3.05) is 12.4 Å². The smallest absolute Gasteiger partial charge is 0.289 e. The zero-order chi connectivity index (χ0) is 14.9. The fourth-order valence-electron chi connectivity index (χ4n) is 2.04. The molecule has 7 nitrogen and oxygen atoms in total. The zero-order valence-electron chi connectivity index (χ0n) is 11.3. The molecule has 1 atom stereocenters. The van der Waals surface area contributed by atoms with Crippen molar-refractivity contribution >= 4 is 21.4 Å². The molecule has 2 N–H and O–H groups in total. The Labute approximate surface area is 117 Å². The van der Waals surface area contributed by atoms with Gasteiger partial charge in [-0.15, -0.1) is 0 Å². The maximum absolute atomic E-state index is 12.3. The standard InChI is InChI=1S/C12H17N3O4S/c1-8(9-3-4-9)14-20(18,19)12-7-10(13-2)5-6-11(12)15(16)17/h5-9,13-14H,3-4H2,1-2H3. The lowest BCUT2D eigenvalue weighted by molar-refractivity contribution is -0.387. The Balaban J connectivity index is 2.39. The summed E-state index contributed by atoms with van der Waals surface area (Å²) in [7, 11) is -2.28. The van der Waals surface area contributed by atoms with Gasteiger partial charge in [-0.1, -0.05) is 0 Å². The highest BCUT2D eigenvalue weighted by atomic mass is 32.2. The lowest BCUT2D eigenvalue weighted by Gasteiger charge is -2.14. The molecular weight excluding hydrogens is 282 g/mol. The van der Waals surface area contributed by atoms with Gasteiger partial charge < -0.3 is 5.32 Å². The molecule has 0 amide bonds. The maximum atomic E-state index is 12.3. The van der Waals surface area contributed by atoms with Crippen LogP contribution in [0, 0.1) is 16.0 Å². The molecule has 0 heterocycles. The summed E-state index contributed by atoms with van der Waals surface area (Å²) in [4.78, 5) is 10.0. The molecule has 0 aliphatic heterocycles. The Kier molecular flexibility index (Phi) is 3.96. The second-order valence-electron chi connectivity index (χ2n) is 4.94. The molecule has 0 spiro atoms. The molecule has 0 radical (unpaired) electrons. The molecule has 110 valence electrons. The van der Waals surface area contributed by atoms with Gasteiger partial charge in [-0.3, -0.25) is 10.1 Å². The molecule has 2 rings (SSSR count). The average Bonchev–Trinajstić information content (AvgIpc) is 3.21. The molecule has 1 unspecified atom stereocenters. The molecule has 1 aliphatic carbocycles. The summed E-state index contributed by atoms with van der Waals surface area (Å²) < 4.78 is 27.2. The predicted molar refractivity (Wildman–Crippen MR) is 75.2 cm³/mol. The quantitative estimate of drug-likeness (QED) is 0.615. The van der Waals surface area contributed by atoms with E-state index in [1.54, 1.807) is 14.0 Å². The van der Waals surface area contributed by atoms with E-state index in [0.29, 0.717) is 11.6 Å². The number of rotatable bonds is 6. The molecule has 1 aliphatic rings. The van der Waals surface area contributed by atoms with Gasteiger partial charge >= 0.3 is 0 Å². The molecule has 20 heavy (non-hydrogen) atoms. The monoisotopic (exact) mass is 299 g/mol. The van der Waals surface area contributed by atoms with E-state index >= 15 is 0 Å². The number of nitrogens with zero attached hydrogens (tertiary/aromatic N) is 1. The number of nitrogens with one attached hydrogen (secondary N) is 2. The van der Waals surface area contributed by atoms with Gasteiger partial charge in [-0.05, 0) is 37.8 Å². The first-order valence-corrected chi connectivity index (χ1v) is 7.82. The van der Waals surface area contributed by atoms with Crippen molar-refractivity contribution in [2.24, 2.45) is 5.92 Å². The van der Waals surface area contributed by atoms with E-state index < -0.39 is 20.6 Å². The van der Waals surface area contributed by atoms with Crippen LogP contribution >= 0.6 is 0 Å². The summed E-state index contributed by atoms with van der Waals surface area (Å²) >= 11 is 0. The van der Waals surface area contributed by atoms with Crippen LogP contribution in [0.2, 0.25) is 0 Å². The van der Waals surface area contributed by atoms with Gasteiger partial charge in [-0.25, -0.2) is 13.1 Å². The summed E-state index contributed by atoms with van der Waals surface area (Å²) in [5, 5.41) is 13.8. The summed E-state index contributed by atoms with van der Waals surface area (Å²) in [6, 6.07) is 3.74. The first-order valence-electron chi connectivity index (χ1n) is 6.33. The molecule has 1 aromatic carbocycles.